The van der Waals surface area contributed by atoms with Crippen LogP contribution in [0.1, 0.15) is 13.3 Å². The summed E-state index contributed by atoms with van der Waals surface area (Å²) in [5.74, 6) is -0.0145. The Kier molecular flexibility index (Phi) is 4.29. The zero-order chi connectivity index (χ0) is 12.2. The van der Waals surface area contributed by atoms with Crippen LogP contribution in [0, 0.1) is 0 Å². The molecule has 0 fully saturated rings. The second-order valence-corrected chi connectivity index (χ2v) is 3.40. The maximum Gasteiger partial charge on any atom is 0.573 e. The molecule has 0 N–H and O–H groups in total. The van der Waals surface area contributed by atoms with Gasteiger partial charge >= 0.3 is 6.36 Å². The highest BCUT2D eigenvalue weighted by molar-refractivity contribution is 6.32. The van der Waals surface area contributed by atoms with Crippen molar-refractivity contribution < 1.29 is 22.6 Å². The number of ether oxygens (including phenoxy) is 2. The lowest BCUT2D eigenvalue weighted by molar-refractivity contribution is -0.274. The van der Waals surface area contributed by atoms with E-state index < -0.39 is 6.36 Å². The van der Waals surface area contributed by atoms with E-state index in [1.54, 1.807) is 0 Å². The summed E-state index contributed by atoms with van der Waals surface area (Å²) in [5, 5.41) is 0.0928. The van der Waals surface area contributed by atoms with E-state index in [1.165, 1.54) is 6.07 Å². The minimum atomic E-state index is -4.71. The topological polar surface area (TPSA) is 18.5 Å². The lowest BCUT2D eigenvalue weighted by atomic mass is 10.3. The van der Waals surface area contributed by atoms with Crippen molar-refractivity contribution in [1.82, 2.24) is 0 Å². The molecule has 0 amide bonds. The van der Waals surface area contributed by atoms with Gasteiger partial charge in [0.15, 0.2) is 0 Å². The molecule has 1 rings (SSSR count). The van der Waals surface area contributed by atoms with Gasteiger partial charge < -0.3 is 9.47 Å². The molecule has 90 valence electrons. The second-order valence-electron chi connectivity index (χ2n) is 2.99. The molecular formula is C10H10ClF3O2. The molecule has 0 saturated heterocycles. The average molecular weight is 255 g/mol. The molecule has 0 aliphatic heterocycles. The Bertz CT molecular complexity index is 352. The van der Waals surface area contributed by atoms with E-state index in [9.17, 15) is 13.2 Å². The summed E-state index contributed by atoms with van der Waals surface area (Å²) >= 11 is 5.72. The number of hydrogen-bond donors (Lipinski definition) is 0. The Balaban J connectivity index is 2.74. The van der Waals surface area contributed by atoms with E-state index in [-0.39, 0.29) is 10.8 Å². The van der Waals surface area contributed by atoms with Gasteiger partial charge in [-0.1, -0.05) is 18.5 Å². The van der Waals surface area contributed by atoms with Gasteiger partial charge in [0.25, 0.3) is 0 Å². The van der Waals surface area contributed by atoms with Crippen molar-refractivity contribution in [2.75, 3.05) is 6.61 Å². The normalized spacial score (nSPS) is 11.3. The van der Waals surface area contributed by atoms with Gasteiger partial charge in [0.05, 0.1) is 11.6 Å². The van der Waals surface area contributed by atoms with Gasteiger partial charge in [-0.2, -0.15) is 0 Å². The van der Waals surface area contributed by atoms with Crippen LogP contribution < -0.4 is 9.47 Å². The van der Waals surface area contributed by atoms with Crippen LogP contribution in [0.4, 0.5) is 13.2 Å². The van der Waals surface area contributed by atoms with E-state index in [1.807, 2.05) is 6.92 Å². The van der Waals surface area contributed by atoms with Crippen LogP contribution >= 0.6 is 11.6 Å². The molecule has 0 atom stereocenters. The number of halogens is 4. The molecule has 0 aliphatic rings. The van der Waals surface area contributed by atoms with Crippen molar-refractivity contribution >= 4 is 11.6 Å². The van der Waals surface area contributed by atoms with Crippen LogP contribution in [-0.4, -0.2) is 13.0 Å². The Morgan fingerprint density at radius 1 is 1.31 bits per heavy atom. The Morgan fingerprint density at radius 2 is 2.00 bits per heavy atom. The zero-order valence-corrected chi connectivity index (χ0v) is 9.23. The van der Waals surface area contributed by atoms with Gasteiger partial charge in [0, 0.05) is 6.07 Å². The van der Waals surface area contributed by atoms with Crippen LogP contribution in [-0.2, 0) is 0 Å². The van der Waals surface area contributed by atoms with E-state index >= 15 is 0 Å². The van der Waals surface area contributed by atoms with E-state index in [2.05, 4.69) is 4.74 Å². The first-order valence-electron chi connectivity index (χ1n) is 4.60. The van der Waals surface area contributed by atoms with Crippen LogP contribution in [0.15, 0.2) is 18.2 Å². The molecule has 0 unspecified atom stereocenters. The van der Waals surface area contributed by atoms with Gasteiger partial charge in [-0.25, -0.2) is 0 Å². The van der Waals surface area contributed by atoms with Crippen molar-refractivity contribution in [3.63, 3.8) is 0 Å². The van der Waals surface area contributed by atoms with Crippen molar-refractivity contribution in [2.45, 2.75) is 19.7 Å². The maximum atomic E-state index is 11.9. The minimum absolute atomic E-state index is 0.0928. The van der Waals surface area contributed by atoms with Gasteiger partial charge in [-0.15, -0.1) is 13.2 Å². The summed E-state index contributed by atoms with van der Waals surface area (Å²) in [6.45, 7) is 2.37. The highest BCUT2D eigenvalue weighted by atomic mass is 35.5. The summed E-state index contributed by atoms with van der Waals surface area (Å²) in [7, 11) is 0. The third-order valence-electron chi connectivity index (χ3n) is 1.60. The van der Waals surface area contributed by atoms with Crippen LogP contribution in [0.5, 0.6) is 11.5 Å². The van der Waals surface area contributed by atoms with E-state index in [0.717, 1.165) is 18.6 Å². The quantitative estimate of drug-likeness (QED) is 0.808. The summed E-state index contributed by atoms with van der Waals surface area (Å²) in [6.07, 6.45) is -3.92. The number of hydrogen-bond acceptors (Lipinski definition) is 2. The van der Waals surface area contributed by atoms with Crippen molar-refractivity contribution in [3.8, 4) is 11.5 Å². The molecule has 16 heavy (non-hydrogen) atoms. The maximum absolute atomic E-state index is 11.9. The van der Waals surface area contributed by atoms with Crippen LogP contribution in [0.25, 0.3) is 0 Å². The molecule has 0 spiro atoms. The smallest absolute Gasteiger partial charge is 0.492 e. The lowest BCUT2D eigenvalue weighted by Crippen LogP contribution is -2.17. The van der Waals surface area contributed by atoms with Gasteiger partial charge in [0.2, 0.25) is 0 Å². The van der Waals surface area contributed by atoms with Crippen molar-refractivity contribution in [1.29, 1.82) is 0 Å². The number of rotatable bonds is 4. The van der Waals surface area contributed by atoms with Gasteiger partial charge in [-0.3, -0.25) is 0 Å². The standard InChI is InChI=1S/C10H10ClF3O2/c1-2-5-15-9-4-3-7(6-8(9)11)16-10(12,13)14/h3-4,6H,2,5H2,1H3. The van der Waals surface area contributed by atoms with E-state index in [4.69, 9.17) is 16.3 Å². The highest BCUT2D eigenvalue weighted by Crippen LogP contribution is 2.31. The molecule has 6 heteroatoms. The highest BCUT2D eigenvalue weighted by Gasteiger charge is 2.31. The Labute approximate surface area is 95.9 Å². The largest absolute Gasteiger partial charge is 0.573 e. The van der Waals surface area contributed by atoms with Crippen LogP contribution in [0.2, 0.25) is 5.02 Å². The molecule has 0 heterocycles. The van der Waals surface area contributed by atoms with E-state index in [0.29, 0.717) is 12.4 Å². The van der Waals surface area contributed by atoms with Crippen LogP contribution in [0.3, 0.4) is 0 Å². The first kappa shape index (κ1) is 13.0. The fourth-order valence-electron chi connectivity index (χ4n) is 1.01. The first-order chi connectivity index (χ1) is 7.42. The lowest BCUT2D eigenvalue weighted by Gasteiger charge is -2.11. The third kappa shape index (κ3) is 4.18. The van der Waals surface area contributed by atoms with Crippen molar-refractivity contribution in [2.24, 2.45) is 0 Å². The SMILES string of the molecule is CCCOc1ccc(OC(F)(F)F)cc1Cl. The minimum Gasteiger partial charge on any atom is -0.492 e. The molecular weight excluding hydrogens is 245 g/mol. The summed E-state index contributed by atoms with van der Waals surface area (Å²) < 4.78 is 44.5. The average Bonchev–Trinajstić information content (AvgIpc) is 2.14. The van der Waals surface area contributed by atoms with Gasteiger partial charge in [0.1, 0.15) is 11.5 Å². The van der Waals surface area contributed by atoms with Gasteiger partial charge in [-0.05, 0) is 18.6 Å². The predicted molar refractivity (Wildman–Crippen MR) is 53.9 cm³/mol. The molecule has 0 bridgehead atoms. The monoisotopic (exact) mass is 254 g/mol. The second kappa shape index (κ2) is 5.30. The number of alkyl halides is 3. The molecule has 0 aliphatic carbocycles. The zero-order valence-electron chi connectivity index (χ0n) is 8.47. The fraction of sp³-hybridized carbons (Fsp3) is 0.400. The summed E-state index contributed by atoms with van der Waals surface area (Å²) in [4.78, 5) is 0. The molecule has 0 aromatic heterocycles. The third-order valence-corrected chi connectivity index (χ3v) is 1.89. The Hall–Kier alpha value is -1.10. The van der Waals surface area contributed by atoms with Crippen molar-refractivity contribution in [3.05, 3.63) is 23.2 Å². The molecule has 1 aromatic rings. The first-order valence-corrected chi connectivity index (χ1v) is 4.98. The molecule has 0 saturated carbocycles. The number of benzene rings is 1. The predicted octanol–water partition coefficient (Wildman–Crippen LogP) is 4.03. The Morgan fingerprint density at radius 3 is 2.50 bits per heavy atom. The summed E-state index contributed by atoms with van der Waals surface area (Å²) in [6, 6.07) is 3.57. The molecule has 0 radical (unpaired) electrons. The molecule has 2 nitrogen and oxygen atoms in total. The summed E-state index contributed by atoms with van der Waals surface area (Å²) in [5.41, 5.74) is 0. The molecule has 1 aromatic carbocycles. The fourth-order valence-corrected chi connectivity index (χ4v) is 1.23.